The molecule has 0 aromatic carbocycles. The second kappa shape index (κ2) is 3.46. The van der Waals surface area contributed by atoms with Crippen LogP contribution in [0.25, 0.3) is 0 Å². The summed E-state index contributed by atoms with van der Waals surface area (Å²) in [5.74, 6) is 0. The van der Waals surface area contributed by atoms with Gasteiger partial charge in [0.25, 0.3) is 0 Å². The molecule has 3 heteroatoms. The third-order valence-electron chi connectivity index (χ3n) is 1.45. The Bertz CT molecular complexity index is 211. The number of aliphatic hydroxyl groups excluding tert-OH is 2. The Morgan fingerprint density at radius 2 is 2.09 bits per heavy atom. The Balaban J connectivity index is 2.77. The molecule has 0 saturated heterocycles. The summed E-state index contributed by atoms with van der Waals surface area (Å²) >= 11 is 0. The van der Waals surface area contributed by atoms with Crippen LogP contribution in [0.3, 0.4) is 0 Å². The van der Waals surface area contributed by atoms with Gasteiger partial charge in [0.2, 0.25) is 0 Å². The Morgan fingerprint density at radius 1 is 1.36 bits per heavy atom. The molecule has 1 aromatic rings. The molecule has 0 radical (unpaired) electrons. The summed E-state index contributed by atoms with van der Waals surface area (Å²) in [5, 5.41) is 18.3. The third-order valence-corrected chi connectivity index (χ3v) is 1.45. The molecule has 0 aliphatic rings. The lowest BCUT2D eigenvalue weighted by Gasteiger charge is -2.11. The van der Waals surface area contributed by atoms with Gasteiger partial charge in [0.1, 0.15) is 6.10 Å². The van der Waals surface area contributed by atoms with Crippen LogP contribution < -0.4 is 0 Å². The monoisotopic (exact) mass is 153 g/mol. The number of nitrogens with zero attached hydrogens (tertiary/aromatic N) is 1. The fourth-order valence-corrected chi connectivity index (χ4v) is 0.798. The van der Waals surface area contributed by atoms with Crippen molar-refractivity contribution in [3.8, 4) is 0 Å². The summed E-state index contributed by atoms with van der Waals surface area (Å²) in [5.41, 5.74) is 0.502. The molecule has 1 heterocycles. The van der Waals surface area contributed by atoms with Gasteiger partial charge in [-0.3, -0.25) is 4.98 Å². The summed E-state index contributed by atoms with van der Waals surface area (Å²) in [7, 11) is 0. The second-order valence-electron chi connectivity index (χ2n) is 2.44. The van der Waals surface area contributed by atoms with Crippen LogP contribution in [0.1, 0.15) is 18.7 Å². The van der Waals surface area contributed by atoms with Crippen molar-refractivity contribution in [2.75, 3.05) is 0 Å². The van der Waals surface area contributed by atoms with E-state index in [1.807, 2.05) is 0 Å². The first kappa shape index (κ1) is 8.17. The molecule has 60 valence electrons. The number of hydrogen-bond acceptors (Lipinski definition) is 3. The van der Waals surface area contributed by atoms with Gasteiger partial charge < -0.3 is 10.2 Å². The predicted octanol–water partition coefficient (Wildman–Crippen LogP) is 0.496. The molecule has 2 atom stereocenters. The SMILES string of the molecule is CC(O)C(O)c1ccccn1. The Hall–Kier alpha value is -0.930. The first-order valence-corrected chi connectivity index (χ1v) is 3.49. The fourth-order valence-electron chi connectivity index (χ4n) is 0.798. The van der Waals surface area contributed by atoms with Gasteiger partial charge in [-0.25, -0.2) is 0 Å². The molecule has 0 aliphatic carbocycles. The van der Waals surface area contributed by atoms with Crippen molar-refractivity contribution in [2.24, 2.45) is 0 Å². The van der Waals surface area contributed by atoms with E-state index in [0.29, 0.717) is 5.69 Å². The van der Waals surface area contributed by atoms with Crippen LogP contribution in [0.5, 0.6) is 0 Å². The van der Waals surface area contributed by atoms with Crippen molar-refractivity contribution in [3.63, 3.8) is 0 Å². The largest absolute Gasteiger partial charge is 0.390 e. The Labute approximate surface area is 65.3 Å². The molecule has 0 fully saturated rings. The minimum Gasteiger partial charge on any atom is -0.390 e. The summed E-state index contributed by atoms with van der Waals surface area (Å²) in [6.07, 6.45) is -0.0675. The summed E-state index contributed by atoms with van der Waals surface area (Å²) < 4.78 is 0. The lowest BCUT2D eigenvalue weighted by molar-refractivity contribution is 0.0278. The van der Waals surface area contributed by atoms with Crippen molar-refractivity contribution >= 4 is 0 Å². The molecule has 0 amide bonds. The number of pyridine rings is 1. The zero-order chi connectivity index (χ0) is 8.27. The van der Waals surface area contributed by atoms with Crippen LogP contribution >= 0.6 is 0 Å². The zero-order valence-corrected chi connectivity index (χ0v) is 6.31. The Morgan fingerprint density at radius 3 is 2.55 bits per heavy atom. The van der Waals surface area contributed by atoms with Gasteiger partial charge in [-0.1, -0.05) is 6.07 Å². The zero-order valence-electron chi connectivity index (χ0n) is 6.31. The molecule has 2 N–H and O–H groups in total. The molecule has 0 saturated carbocycles. The molecule has 11 heavy (non-hydrogen) atoms. The number of aliphatic hydroxyl groups is 2. The Kier molecular flexibility index (Phi) is 2.57. The van der Waals surface area contributed by atoms with E-state index >= 15 is 0 Å². The molecular formula is C8H11NO2. The second-order valence-corrected chi connectivity index (χ2v) is 2.44. The highest BCUT2D eigenvalue weighted by atomic mass is 16.3. The van der Waals surface area contributed by atoms with Gasteiger partial charge in [-0.05, 0) is 19.1 Å². The molecule has 1 rings (SSSR count). The van der Waals surface area contributed by atoms with Crippen molar-refractivity contribution in [2.45, 2.75) is 19.1 Å². The van der Waals surface area contributed by atoms with E-state index in [4.69, 9.17) is 5.11 Å². The molecule has 0 spiro atoms. The smallest absolute Gasteiger partial charge is 0.121 e. The van der Waals surface area contributed by atoms with E-state index in [-0.39, 0.29) is 0 Å². The van der Waals surface area contributed by atoms with Gasteiger partial charge in [0.05, 0.1) is 11.8 Å². The quantitative estimate of drug-likeness (QED) is 0.650. The van der Waals surface area contributed by atoms with Crippen LogP contribution in [-0.2, 0) is 0 Å². The lowest BCUT2D eigenvalue weighted by Crippen LogP contribution is -2.14. The van der Waals surface area contributed by atoms with Gasteiger partial charge in [0.15, 0.2) is 0 Å². The van der Waals surface area contributed by atoms with Gasteiger partial charge in [-0.2, -0.15) is 0 Å². The van der Waals surface area contributed by atoms with Gasteiger partial charge in [0, 0.05) is 6.20 Å². The van der Waals surface area contributed by atoms with Crippen molar-refractivity contribution in [3.05, 3.63) is 30.1 Å². The third kappa shape index (κ3) is 2.00. The minimum atomic E-state index is -0.879. The minimum absolute atomic E-state index is 0.502. The maximum Gasteiger partial charge on any atom is 0.121 e. The molecule has 0 bridgehead atoms. The number of hydrogen-bond donors (Lipinski definition) is 2. The maximum absolute atomic E-state index is 9.29. The topological polar surface area (TPSA) is 53.4 Å². The average Bonchev–Trinajstić information content (AvgIpc) is 2.05. The highest BCUT2D eigenvalue weighted by Crippen LogP contribution is 2.12. The van der Waals surface area contributed by atoms with Crippen LogP contribution in [0.4, 0.5) is 0 Å². The molecule has 2 unspecified atom stereocenters. The van der Waals surface area contributed by atoms with E-state index in [9.17, 15) is 5.11 Å². The van der Waals surface area contributed by atoms with Crippen LogP contribution in [-0.4, -0.2) is 21.3 Å². The molecule has 1 aromatic heterocycles. The van der Waals surface area contributed by atoms with Crippen LogP contribution in [0.15, 0.2) is 24.4 Å². The number of rotatable bonds is 2. The predicted molar refractivity (Wildman–Crippen MR) is 40.9 cm³/mol. The first-order chi connectivity index (χ1) is 5.22. The van der Waals surface area contributed by atoms with Crippen molar-refractivity contribution in [1.82, 2.24) is 4.98 Å². The number of aromatic nitrogens is 1. The van der Waals surface area contributed by atoms with E-state index in [1.54, 1.807) is 24.4 Å². The molecular weight excluding hydrogens is 142 g/mol. The fraction of sp³-hybridized carbons (Fsp3) is 0.375. The van der Waals surface area contributed by atoms with Gasteiger partial charge >= 0.3 is 0 Å². The van der Waals surface area contributed by atoms with E-state index in [1.165, 1.54) is 6.92 Å². The average molecular weight is 153 g/mol. The van der Waals surface area contributed by atoms with E-state index in [2.05, 4.69) is 4.98 Å². The highest BCUT2D eigenvalue weighted by molar-refractivity contribution is 5.07. The molecule has 0 aliphatic heterocycles. The standard InChI is InChI=1S/C8H11NO2/c1-6(10)8(11)7-4-2-3-5-9-7/h2-6,8,10-11H,1H3. The first-order valence-electron chi connectivity index (χ1n) is 3.49. The van der Waals surface area contributed by atoms with Crippen LogP contribution in [0.2, 0.25) is 0 Å². The maximum atomic E-state index is 9.29. The normalized spacial score (nSPS) is 15.9. The van der Waals surface area contributed by atoms with E-state index < -0.39 is 12.2 Å². The van der Waals surface area contributed by atoms with E-state index in [0.717, 1.165) is 0 Å². The van der Waals surface area contributed by atoms with Crippen molar-refractivity contribution < 1.29 is 10.2 Å². The molecule has 3 nitrogen and oxygen atoms in total. The van der Waals surface area contributed by atoms with Gasteiger partial charge in [-0.15, -0.1) is 0 Å². The summed E-state index contributed by atoms with van der Waals surface area (Å²) in [4.78, 5) is 3.89. The van der Waals surface area contributed by atoms with Crippen molar-refractivity contribution in [1.29, 1.82) is 0 Å². The van der Waals surface area contributed by atoms with Crippen LogP contribution in [0, 0.1) is 0 Å². The highest BCUT2D eigenvalue weighted by Gasteiger charge is 2.13. The summed E-state index contributed by atoms with van der Waals surface area (Å²) in [6, 6.07) is 5.21. The lowest BCUT2D eigenvalue weighted by atomic mass is 10.1. The summed E-state index contributed by atoms with van der Waals surface area (Å²) in [6.45, 7) is 1.53.